The standard InChI is InChI=1S/C21H20F3N3O3/c1-9-7-8-14(15-11(3)10(2)12(4)25-17(9)15)18(28)16-13(5)26-27(6)19(16)30-20(29)21(22,23)24/h7-8H,1-6H3. The first-order valence-corrected chi connectivity index (χ1v) is 9.09. The molecule has 0 spiro atoms. The molecule has 3 aromatic rings. The summed E-state index contributed by atoms with van der Waals surface area (Å²) in [6.45, 7) is 8.96. The number of aromatic nitrogens is 3. The average Bonchev–Trinajstić information content (AvgIpc) is 2.92. The second-order valence-electron chi connectivity index (χ2n) is 7.21. The number of alkyl halides is 3. The molecule has 9 heteroatoms. The van der Waals surface area contributed by atoms with E-state index in [9.17, 15) is 22.8 Å². The summed E-state index contributed by atoms with van der Waals surface area (Å²) < 4.78 is 43.6. The Balaban J connectivity index is 2.25. The summed E-state index contributed by atoms with van der Waals surface area (Å²) in [5.41, 5.74) is 4.28. The van der Waals surface area contributed by atoms with Crippen molar-refractivity contribution >= 4 is 22.7 Å². The fourth-order valence-electron chi connectivity index (χ4n) is 3.41. The molecule has 0 amide bonds. The van der Waals surface area contributed by atoms with Gasteiger partial charge in [0, 0.05) is 23.7 Å². The third-order valence-corrected chi connectivity index (χ3v) is 5.20. The van der Waals surface area contributed by atoms with E-state index in [0.29, 0.717) is 10.9 Å². The van der Waals surface area contributed by atoms with Crippen molar-refractivity contribution < 1.29 is 27.5 Å². The number of hydrogen-bond donors (Lipinski definition) is 0. The lowest BCUT2D eigenvalue weighted by Crippen LogP contribution is -2.29. The topological polar surface area (TPSA) is 74.1 Å². The SMILES string of the molecule is Cc1nc2c(C)ccc(C(=O)c3c(C)nn(C)c3OC(=O)C(F)(F)F)c2c(C)c1C. The minimum atomic E-state index is -5.20. The number of benzene rings is 1. The zero-order chi connectivity index (χ0) is 22.5. The molecule has 0 radical (unpaired) electrons. The monoisotopic (exact) mass is 419 g/mol. The Morgan fingerprint density at radius 1 is 1.00 bits per heavy atom. The molecule has 158 valence electrons. The van der Waals surface area contributed by atoms with Gasteiger partial charge in [0.1, 0.15) is 5.56 Å². The number of ketones is 1. The van der Waals surface area contributed by atoms with E-state index in [0.717, 1.165) is 27.1 Å². The number of esters is 1. The van der Waals surface area contributed by atoms with Gasteiger partial charge in [0.25, 0.3) is 0 Å². The second-order valence-corrected chi connectivity index (χ2v) is 7.21. The lowest BCUT2D eigenvalue weighted by atomic mass is 9.92. The van der Waals surface area contributed by atoms with Crippen molar-refractivity contribution in [1.82, 2.24) is 14.8 Å². The van der Waals surface area contributed by atoms with E-state index < -0.39 is 23.8 Å². The number of carbonyl (C=O) groups excluding carboxylic acids is 2. The average molecular weight is 419 g/mol. The fraction of sp³-hybridized carbons (Fsp3) is 0.333. The van der Waals surface area contributed by atoms with Gasteiger partial charge in [0.2, 0.25) is 11.7 Å². The summed E-state index contributed by atoms with van der Waals surface area (Å²) in [6, 6.07) is 3.33. The highest BCUT2D eigenvalue weighted by atomic mass is 19.4. The van der Waals surface area contributed by atoms with Crippen LogP contribution in [-0.2, 0) is 11.8 Å². The number of fused-ring (bicyclic) bond motifs is 1. The van der Waals surface area contributed by atoms with E-state index >= 15 is 0 Å². The van der Waals surface area contributed by atoms with Crippen LogP contribution in [0.2, 0.25) is 0 Å². The summed E-state index contributed by atoms with van der Waals surface area (Å²) in [6.07, 6.45) is -5.20. The summed E-state index contributed by atoms with van der Waals surface area (Å²) >= 11 is 0. The molecule has 0 aliphatic rings. The minimum absolute atomic E-state index is 0.149. The minimum Gasteiger partial charge on any atom is -0.400 e. The van der Waals surface area contributed by atoms with Crippen molar-refractivity contribution in [2.24, 2.45) is 7.05 Å². The maximum Gasteiger partial charge on any atom is 0.491 e. The molecule has 30 heavy (non-hydrogen) atoms. The molecule has 0 aliphatic heterocycles. The van der Waals surface area contributed by atoms with Crippen molar-refractivity contribution in [2.45, 2.75) is 40.8 Å². The van der Waals surface area contributed by atoms with Crippen LogP contribution in [-0.4, -0.2) is 32.7 Å². The van der Waals surface area contributed by atoms with E-state index in [2.05, 4.69) is 14.8 Å². The van der Waals surface area contributed by atoms with Crippen LogP contribution in [0.4, 0.5) is 13.2 Å². The normalized spacial score (nSPS) is 11.8. The molecule has 0 atom stereocenters. The van der Waals surface area contributed by atoms with Crippen LogP contribution >= 0.6 is 0 Å². The number of ether oxygens (including phenoxy) is 1. The molecule has 2 heterocycles. The predicted octanol–water partition coefficient (Wildman–Crippen LogP) is 4.21. The second kappa shape index (κ2) is 7.23. The Labute approximate surface area is 170 Å². The third kappa shape index (κ3) is 3.44. The van der Waals surface area contributed by atoms with E-state index in [-0.39, 0.29) is 16.8 Å². The summed E-state index contributed by atoms with van der Waals surface area (Å²) in [7, 11) is 1.30. The maximum atomic E-state index is 13.5. The van der Waals surface area contributed by atoms with Crippen LogP contribution < -0.4 is 4.74 Å². The molecule has 6 nitrogen and oxygen atoms in total. The van der Waals surface area contributed by atoms with Gasteiger partial charge in [-0.1, -0.05) is 6.07 Å². The third-order valence-electron chi connectivity index (χ3n) is 5.20. The van der Waals surface area contributed by atoms with Gasteiger partial charge in [-0.15, -0.1) is 0 Å². The van der Waals surface area contributed by atoms with Crippen molar-refractivity contribution in [3.8, 4) is 5.88 Å². The van der Waals surface area contributed by atoms with Crippen LogP contribution in [0.15, 0.2) is 12.1 Å². The first kappa shape index (κ1) is 21.5. The van der Waals surface area contributed by atoms with E-state index in [1.54, 1.807) is 12.1 Å². The molecule has 0 bridgehead atoms. The van der Waals surface area contributed by atoms with Crippen LogP contribution in [0.3, 0.4) is 0 Å². The number of halogens is 3. The molecule has 0 N–H and O–H groups in total. The maximum absolute atomic E-state index is 13.5. The van der Waals surface area contributed by atoms with Gasteiger partial charge in [-0.25, -0.2) is 9.48 Å². The van der Waals surface area contributed by atoms with Gasteiger partial charge in [-0.05, 0) is 57.4 Å². The van der Waals surface area contributed by atoms with E-state index in [1.165, 1.54) is 14.0 Å². The molecule has 2 aromatic heterocycles. The van der Waals surface area contributed by atoms with Crippen LogP contribution in [0.25, 0.3) is 10.9 Å². The van der Waals surface area contributed by atoms with Crippen LogP contribution in [0.5, 0.6) is 5.88 Å². The molecule has 0 fully saturated rings. The Morgan fingerprint density at radius 2 is 1.63 bits per heavy atom. The molecule has 1 aromatic carbocycles. The highest BCUT2D eigenvalue weighted by Crippen LogP contribution is 2.33. The first-order chi connectivity index (χ1) is 13.8. The van der Waals surface area contributed by atoms with Crippen molar-refractivity contribution in [1.29, 1.82) is 0 Å². The highest BCUT2D eigenvalue weighted by Gasteiger charge is 2.43. The molecule has 0 unspecified atom stereocenters. The molecular formula is C21H20F3N3O3. The Bertz CT molecular complexity index is 1210. The molecular weight excluding hydrogens is 399 g/mol. The van der Waals surface area contributed by atoms with E-state index in [4.69, 9.17) is 0 Å². The first-order valence-electron chi connectivity index (χ1n) is 9.09. The Hall–Kier alpha value is -3.23. The van der Waals surface area contributed by atoms with Gasteiger partial charge < -0.3 is 4.74 Å². The molecule has 0 aliphatic carbocycles. The number of nitrogens with zero attached hydrogens (tertiary/aromatic N) is 3. The number of pyridine rings is 1. The number of rotatable bonds is 3. The van der Waals surface area contributed by atoms with Crippen molar-refractivity contribution in [3.63, 3.8) is 0 Å². The van der Waals surface area contributed by atoms with Crippen molar-refractivity contribution in [3.05, 3.63) is 51.3 Å². The lowest BCUT2D eigenvalue weighted by Gasteiger charge is -2.15. The highest BCUT2D eigenvalue weighted by molar-refractivity contribution is 6.18. The summed E-state index contributed by atoms with van der Waals surface area (Å²) in [4.78, 5) is 29.4. The van der Waals surface area contributed by atoms with E-state index in [1.807, 2.05) is 27.7 Å². The number of carbonyl (C=O) groups is 2. The van der Waals surface area contributed by atoms with Crippen molar-refractivity contribution in [2.75, 3.05) is 0 Å². The van der Waals surface area contributed by atoms with Gasteiger partial charge in [0.05, 0.1) is 11.2 Å². The Morgan fingerprint density at radius 3 is 2.23 bits per heavy atom. The fourth-order valence-corrected chi connectivity index (χ4v) is 3.41. The van der Waals surface area contributed by atoms with Crippen LogP contribution in [0.1, 0.15) is 44.0 Å². The largest absolute Gasteiger partial charge is 0.491 e. The van der Waals surface area contributed by atoms with Gasteiger partial charge >= 0.3 is 12.1 Å². The summed E-state index contributed by atoms with van der Waals surface area (Å²) in [5.74, 6) is -3.57. The molecule has 0 saturated carbocycles. The summed E-state index contributed by atoms with van der Waals surface area (Å²) in [5, 5.41) is 4.59. The smallest absolute Gasteiger partial charge is 0.400 e. The van der Waals surface area contributed by atoms with Gasteiger partial charge in [-0.2, -0.15) is 18.3 Å². The Kier molecular flexibility index (Phi) is 5.17. The number of aryl methyl sites for hydroxylation is 5. The van der Waals surface area contributed by atoms with Gasteiger partial charge in [-0.3, -0.25) is 9.78 Å². The molecule has 3 rings (SSSR count). The van der Waals surface area contributed by atoms with Gasteiger partial charge in [0.15, 0.2) is 0 Å². The quantitative estimate of drug-likeness (QED) is 0.470. The zero-order valence-electron chi connectivity index (χ0n) is 17.4. The zero-order valence-corrected chi connectivity index (χ0v) is 17.4. The lowest BCUT2D eigenvalue weighted by molar-refractivity contribution is -0.190. The molecule has 0 saturated heterocycles. The number of hydrogen-bond acceptors (Lipinski definition) is 5. The van der Waals surface area contributed by atoms with Crippen LogP contribution in [0, 0.1) is 34.6 Å². The predicted molar refractivity (Wildman–Crippen MR) is 104 cm³/mol.